The number of carbonyl (C=O) groups excluding carboxylic acids is 1. The number of rotatable bonds is 8. The lowest BCUT2D eigenvalue weighted by atomic mass is 9.77. The number of esters is 1. The van der Waals surface area contributed by atoms with Crippen molar-refractivity contribution in [2.24, 2.45) is 5.92 Å². The minimum Gasteiger partial charge on any atom is -0.466 e. The maximum atomic E-state index is 11.6. The van der Waals surface area contributed by atoms with Gasteiger partial charge in [-0.3, -0.25) is 9.36 Å². The van der Waals surface area contributed by atoms with Crippen LogP contribution < -0.4 is 11.1 Å². The SMILES string of the molecule is CCOC(=O)CCC1CC(NC[C@H]2O[C@@H](n3cnc4c(N)ncnc43)[C@@H]3OC(C)(C)O[C@@H]32)C1. The number of nitrogen functional groups attached to an aromatic ring is 1. The van der Waals surface area contributed by atoms with Gasteiger partial charge >= 0.3 is 5.97 Å². The van der Waals surface area contributed by atoms with E-state index >= 15 is 0 Å². The lowest BCUT2D eigenvalue weighted by Crippen LogP contribution is -2.47. The van der Waals surface area contributed by atoms with Crippen molar-refractivity contribution in [2.45, 2.75) is 82.8 Å². The van der Waals surface area contributed by atoms with Gasteiger partial charge in [-0.2, -0.15) is 0 Å². The lowest BCUT2D eigenvalue weighted by molar-refractivity contribution is -0.196. The first-order valence-corrected chi connectivity index (χ1v) is 11.7. The quantitative estimate of drug-likeness (QED) is 0.558. The number of aromatic nitrogens is 4. The van der Waals surface area contributed by atoms with Crippen LogP contribution >= 0.6 is 0 Å². The topological polar surface area (TPSA) is 136 Å². The monoisotopic (exact) mass is 460 g/mol. The summed E-state index contributed by atoms with van der Waals surface area (Å²) in [5.41, 5.74) is 7.10. The van der Waals surface area contributed by atoms with Gasteiger partial charge in [0.2, 0.25) is 0 Å². The molecule has 1 aliphatic carbocycles. The maximum Gasteiger partial charge on any atom is 0.305 e. The van der Waals surface area contributed by atoms with Crippen LogP contribution in [0.25, 0.3) is 11.2 Å². The van der Waals surface area contributed by atoms with Gasteiger partial charge in [-0.1, -0.05) is 0 Å². The van der Waals surface area contributed by atoms with Gasteiger partial charge in [-0.05, 0) is 46.0 Å². The van der Waals surface area contributed by atoms with Gasteiger partial charge in [0, 0.05) is 19.0 Å². The lowest BCUT2D eigenvalue weighted by Gasteiger charge is -2.37. The van der Waals surface area contributed by atoms with Crippen molar-refractivity contribution in [3.8, 4) is 0 Å². The molecule has 3 aliphatic rings. The second kappa shape index (κ2) is 8.79. The fourth-order valence-electron chi connectivity index (χ4n) is 5.08. The van der Waals surface area contributed by atoms with Crippen LogP contribution in [0.3, 0.4) is 0 Å². The van der Waals surface area contributed by atoms with E-state index < -0.39 is 12.0 Å². The predicted octanol–water partition coefficient (Wildman–Crippen LogP) is 1.54. The third-order valence-corrected chi connectivity index (χ3v) is 6.69. The van der Waals surface area contributed by atoms with E-state index in [-0.39, 0.29) is 24.3 Å². The molecular formula is C22H32N6O5. The number of nitrogens with zero attached hydrogens (tertiary/aromatic N) is 4. The number of nitrogens with two attached hydrogens (primary N) is 1. The number of hydrogen-bond acceptors (Lipinski definition) is 10. The Balaban J connectivity index is 1.21. The van der Waals surface area contributed by atoms with Gasteiger partial charge in [-0.25, -0.2) is 15.0 Å². The molecule has 11 heteroatoms. The van der Waals surface area contributed by atoms with Gasteiger partial charge in [0.1, 0.15) is 30.2 Å². The summed E-state index contributed by atoms with van der Waals surface area (Å²) in [6, 6.07) is 0.412. The largest absolute Gasteiger partial charge is 0.466 e. The van der Waals surface area contributed by atoms with Crippen LogP contribution in [0.2, 0.25) is 0 Å². The van der Waals surface area contributed by atoms with Crippen molar-refractivity contribution in [1.82, 2.24) is 24.8 Å². The smallest absolute Gasteiger partial charge is 0.305 e. The molecule has 3 N–H and O–H groups in total. The number of carbonyl (C=O) groups is 1. The highest BCUT2D eigenvalue weighted by Crippen LogP contribution is 2.44. The van der Waals surface area contributed by atoms with Crippen LogP contribution in [0.4, 0.5) is 5.82 Å². The standard InChI is InChI=1S/C22H32N6O5/c1-4-30-15(29)6-5-12-7-13(8-12)24-9-14-17-18(33-22(2,3)32-17)21(31-14)28-11-27-16-19(23)25-10-26-20(16)28/h10-14,17-18,21,24H,4-9H2,1-3H3,(H2,23,25,26)/t12?,13?,14-,17-,18-,21-/m1/s1. The number of imidazole rings is 1. The minimum atomic E-state index is -0.700. The summed E-state index contributed by atoms with van der Waals surface area (Å²) in [7, 11) is 0. The van der Waals surface area contributed by atoms with Crippen LogP contribution in [0.5, 0.6) is 0 Å². The molecule has 11 nitrogen and oxygen atoms in total. The van der Waals surface area contributed by atoms with Crippen LogP contribution in [-0.2, 0) is 23.7 Å². The van der Waals surface area contributed by atoms with Crippen LogP contribution in [0.15, 0.2) is 12.7 Å². The first kappa shape index (κ1) is 22.5. The summed E-state index contributed by atoms with van der Waals surface area (Å²) in [5.74, 6) is 0.0852. The Kier molecular flexibility index (Phi) is 5.98. The van der Waals surface area contributed by atoms with Gasteiger partial charge in [0.25, 0.3) is 0 Å². The van der Waals surface area contributed by atoms with Crippen molar-refractivity contribution < 1.29 is 23.7 Å². The zero-order valence-corrected chi connectivity index (χ0v) is 19.3. The van der Waals surface area contributed by atoms with Crippen molar-refractivity contribution >= 4 is 23.0 Å². The molecule has 2 aromatic rings. The van der Waals surface area contributed by atoms with E-state index in [9.17, 15) is 4.79 Å². The molecule has 0 amide bonds. The number of fused-ring (bicyclic) bond motifs is 2. The third-order valence-electron chi connectivity index (χ3n) is 6.69. The summed E-state index contributed by atoms with van der Waals surface area (Å²) in [4.78, 5) is 24.3. The Morgan fingerprint density at radius 1 is 1.27 bits per heavy atom. The van der Waals surface area contributed by atoms with Crippen molar-refractivity contribution in [1.29, 1.82) is 0 Å². The molecule has 2 aliphatic heterocycles. The third kappa shape index (κ3) is 4.42. The molecule has 1 saturated carbocycles. The average Bonchev–Trinajstić information content (AvgIpc) is 3.38. The van der Waals surface area contributed by atoms with E-state index in [4.69, 9.17) is 24.7 Å². The molecule has 0 bridgehead atoms. The number of hydrogen-bond donors (Lipinski definition) is 2. The fourth-order valence-corrected chi connectivity index (χ4v) is 5.08. The molecule has 0 spiro atoms. The molecule has 2 aromatic heterocycles. The van der Waals surface area contributed by atoms with Gasteiger partial charge in [0.15, 0.2) is 23.5 Å². The van der Waals surface area contributed by atoms with E-state index in [0.29, 0.717) is 48.5 Å². The zero-order valence-electron chi connectivity index (χ0n) is 19.3. The normalized spacial score (nSPS) is 32.6. The highest BCUT2D eigenvalue weighted by Gasteiger charge is 2.56. The maximum absolute atomic E-state index is 11.6. The molecule has 2 saturated heterocycles. The van der Waals surface area contributed by atoms with Gasteiger partial charge in [0.05, 0.1) is 12.9 Å². The first-order valence-electron chi connectivity index (χ1n) is 11.7. The molecular weight excluding hydrogens is 428 g/mol. The van der Waals surface area contributed by atoms with E-state index in [0.717, 1.165) is 19.3 Å². The molecule has 3 fully saturated rings. The summed E-state index contributed by atoms with van der Waals surface area (Å²) in [6.45, 7) is 6.75. The zero-order chi connectivity index (χ0) is 23.2. The molecule has 180 valence electrons. The highest BCUT2D eigenvalue weighted by molar-refractivity contribution is 5.81. The molecule has 4 heterocycles. The van der Waals surface area contributed by atoms with Crippen molar-refractivity contribution in [3.05, 3.63) is 12.7 Å². The molecule has 5 rings (SSSR count). The molecule has 4 atom stereocenters. The highest BCUT2D eigenvalue weighted by atomic mass is 16.8. The van der Waals surface area contributed by atoms with Crippen LogP contribution in [0, 0.1) is 5.92 Å². The second-order valence-electron chi connectivity index (χ2n) is 9.50. The summed E-state index contributed by atoms with van der Waals surface area (Å²) >= 11 is 0. The fraction of sp³-hybridized carbons (Fsp3) is 0.727. The van der Waals surface area contributed by atoms with E-state index in [1.807, 2.05) is 25.3 Å². The summed E-state index contributed by atoms with van der Waals surface area (Å²) in [6.07, 6.45) is 5.45. The van der Waals surface area contributed by atoms with E-state index in [2.05, 4.69) is 20.3 Å². The van der Waals surface area contributed by atoms with Crippen LogP contribution in [0.1, 0.15) is 52.7 Å². The minimum absolute atomic E-state index is 0.106. The summed E-state index contributed by atoms with van der Waals surface area (Å²) < 4.78 is 25.7. The number of ether oxygens (including phenoxy) is 4. The Bertz CT molecular complexity index is 1010. The molecule has 33 heavy (non-hydrogen) atoms. The Morgan fingerprint density at radius 2 is 2.06 bits per heavy atom. The van der Waals surface area contributed by atoms with Gasteiger partial charge < -0.3 is 30.0 Å². The first-order chi connectivity index (χ1) is 15.8. The van der Waals surface area contributed by atoms with E-state index in [1.165, 1.54) is 6.33 Å². The molecule has 0 radical (unpaired) electrons. The Hall–Kier alpha value is -2.34. The van der Waals surface area contributed by atoms with E-state index in [1.54, 1.807) is 6.33 Å². The summed E-state index contributed by atoms with van der Waals surface area (Å²) in [5, 5.41) is 3.61. The average molecular weight is 461 g/mol. The Morgan fingerprint density at radius 3 is 2.85 bits per heavy atom. The number of nitrogens with one attached hydrogen (secondary N) is 1. The second-order valence-corrected chi connectivity index (χ2v) is 9.50. The van der Waals surface area contributed by atoms with Gasteiger partial charge in [-0.15, -0.1) is 0 Å². The Labute approximate surface area is 192 Å². The van der Waals surface area contributed by atoms with Crippen molar-refractivity contribution in [3.63, 3.8) is 0 Å². The predicted molar refractivity (Wildman–Crippen MR) is 118 cm³/mol. The molecule has 0 aromatic carbocycles. The molecule has 0 unspecified atom stereocenters. The van der Waals surface area contributed by atoms with Crippen LogP contribution in [-0.4, -0.2) is 68.8 Å². The number of anilines is 1. The van der Waals surface area contributed by atoms with Crippen molar-refractivity contribution in [2.75, 3.05) is 18.9 Å².